The first-order valence-corrected chi connectivity index (χ1v) is 4.98. The lowest BCUT2D eigenvalue weighted by Crippen LogP contribution is -2.47. The Labute approximate surface area is 82.0 Å². The summed E-state index contributed by atoms with van der Waals surface area (Å²) in [4.78, 5) is 0. The van der Waals surface area contributed by atoms with Crippen molar-refractivity contribution in [3.8, 4) is 0 Å². The lowest BCUT2D eigenvalue weighted by atomic mass is 9.91. The Morgan fingerprint density at radius 2 is 1.71 bits per heavy atom. The van der Waals surface area contributed by atoms with Crippen molar-refractivity contribution in [2.75, 3.05) is 0 Å². The number of nitrogens with two attached hydrogens (primary N) is 1. The van der Waals surface area contributed by atoms with Crippen molar-refractivity contribution >= 4 is 0 Å². The number of nitrogens with one attached hydrogen (secondary N) is 1. The minimum absolute atomic E-state index is 0.0218. The summed E-state index contributed by atoms with van der Waals surface area (Å²) in [6.07, 6.45) is -0.993. The van der Waals surface area contributed by atoms with Gasteiger partial charge in [-0.3, -0.25) is 0 Å². The highest BCUT2D eigenvalue weighted by atomic mass is 19.4. The smallest absolute Gasteiger partial charge is 0.328 e. The van der Waals surface area contributed by atoms with Crippen LogP contribution in [-0.2, 0) is 0 Å². The van der Waals surface area contributed by atoms with Gasteiger partial charge in [-0.05, 0) is 32.6 Å². The van der Waals surface area contributed by atoms with Gasteiger partial charge in [0, 0.05) is 12.1 Å². The SMILES string of the molecule is CC(NC1CCC(N)CC1)C(F)(F)F. The number of hydrogen-bond acceptors (Lipinski definition) is 2. The van der Waals surface area contributed by atoms with Gasteiger partial charge in [0.15, 0.2) is 0 Å². The Balaban J connectivity index is 2.31. The van der Waals surface area contributed by atoms with Gasteiger partial charge in [0.25, 0.3) is 0 Å². The fraction of sp³-hybridized carbons (Fsp3) is 1.00. The van der Waals surface area contributed by atoms with Crippen LogP contribution in [-0.4, -0.2) is 24.3 Å². The third-order valence-corrected chi connectivity index (χ3v) is 2.75. The van der Waals surface area contributed by atoms with Crippen LogP contribution < -0.4 is 11.1 Å². The van der Waals surface area contributed by atoms with E-state index in [0.29, 0.717) is 0 Å². The van der Waals surface area contributed by atoms with Crippen molar-refractivity contribution in [3.63, 3.8) is 0 Å². The first kappa shape index (κ1) is 11.8. The highest BCUT2D eigenvalue weighted by Crippen LogP contribution is 2.23. The monoisotopic (exact) mass is 210 g/mol. The van der Waals surface area contributed by atoms with Gasteiger partial charge in [-0.15, -0.1) is 0 Å². The van der Waals surface area contributed by atoms with Crippen molar-refractivity contribution in [1.82, 2.24) is 5.32 Å². The van der Waals surface area contributed by atoms with E-state index in [0.717, 1.165) is 32.6 Å². The molecule has 1 fully saturated rings. The molecule has 84 valence electrons. The van der Waals surface area contributed by atoms with E-state index in [1.54, 1.807) is 0 Å². The molecule has 1 unspecified atom stereocenters. The molecule has 0 saturated heterocycles. The standard InChI is InChI=1S/C9H17F3N2/c1-6(9(10,11)12)14-8-4-2-7(13)3-5-8/h6-8,14H,2-5,13H2,1H3. The summed E-state index contributed by atoms with van der Waals surface area (Å²) < 4.78 is 36.6. The van der Waals surface area contributed by atoms with Crippen molar-refractivity contribution in [2.24, 2.45) is 5.73 Å². The molecule has 0 aromatic rings. The van der Waals surface area contributed by atoms with Gasteiger partial charge in [0.05, 0.1) is 0 Å². The number of rotatable bonds is 2. The van der Waals surface area contributed by atoms with E-state index in [1.807, 2.05) is 0 Å². The first-order chi connectivity index (χ1) is 6.39. The summed E-state index contributed by atoms with van der Waals surface area (Å²) in [5, 5.41) is 2.60. The summed E-state index contributed by atoms with van der Waals surface area (Å²) >= 11 is 0. The van der Waals surface area contributed by atoms with Crippen molar-refractivity contribution in [2.45, 2.75) is 56.9 Å². The molecule has 1 aliphatic carbocycles. The topological polar surface area (TPSA) is 38.0 Å². The van der Waals surface area contributed by atoms with Crippen LogP contribution in [0.2, 0.25) is 0 Å². The van der Waals surface area contributed by atoms with Crippen molar-refractivity contribution < 1.29 is 13.2 Å². The van der Waals surface area contributed by atoms with Gasteiger partial charge < -0.3 is 11.1 Å². The summed E-state index contributed by atoms with van der Waals surface area (Å²) in [7, 11) is 0. The summed E-state index contributed by atoms with van der Waals surface area (Å²) in [5.41, 5.74) is 5.66. The molecule has 2 nitrogen and oxygen atoms in total. The van der Waals surface area contributed by atoms with E-state index >= 15 is 0 Å². The lowest BCUT2D eigenvalue weighted by Gasteiger charge is -2.30. The second-order valence-electron chi connectivity index (χ2n) is 4.04. The van der Waals surface area contributed by atoms with Gasteiger partial charge in [-0.1, -0.05) is 0 Å². The van der Waals surface area contributed by atoms with E-state index in [4.69, 9.17) is 5.73 Å². The Morgan fingerprint density at radius 3 is 2.14 bits per heavy atom. The second kappa shape index (κ2) is 4.49. The predicted molar refractivity (Wildman–Crippen MR) is 48.9 cm³/mol. The van der Waals surface area contributed by atoms with Gasteiger partial charge in [-0.2, -0.15) is 13.2 Å². The third kappa shape index (κ3) is 3.46. The number of hydrogen-bond donors (Lipinski definition) is 2. The van der Waals surface area contributed by atoms with Gasteiger partial charge in [-0.25, -0.2) is 0 Å². The molecule has 0 spiro atoms. The van der Waals surface area contributed by atoms with Crippen LogP contribution in [0.1, 0.15) is 32.6 Å². The molecule has 1 atom stereocenters. The zero-order chi connectivity index (χ0) is 10.8. The van der Waals surface area contributed by atoms with E-state index < -0.39 is 12.2 Å². The second-order valence-corrected chi connectivity index (χ2v) is 4.04. The molecule has 1 saturated carbocycles. The molecule has 0 radical (unpaired) electrons. The van der Waals surface area contributed by atoms with E-state index in [2.05, 4.69) is 5.32 Å². The minimum atomic E-state index is -4.14. The molecule has 5 heteroatoms. The van der Waals surface area contributed by atoms with Crippen LogP contribution in [0.3, 0.4) is 0 Å². The molecular formula is C9H17F3N2. The quantitative estimate of drug-likeness (QED) is 0.729. The maximum absolute atomic E-state index is 12.2. The predicted octanol–water partition coefficient (Wildman–Crippen LogP) is 1.80. The minimum Gasteiger partial charge on any atom is -0.328 e. The van der Waals surface area contributed by atoms with Crippen LogP contribution in [0.4, 0.5) is 13.2 Å². The molecular weight excluding hydrogens is 193 g/mol. The zero-order valence-corrected chi connectivity index (χ0v) is 8.27. The van der Waals surface area contributed by atoms with Crippen molar-refractivity contribution in [1.29, 1.82) is 0 Å². The first-order valence-electron chi connectivity index (χ1n) is 4.98. The number of alkyl halides is 3. The summed E-state index contributed by atoms with van der Waals surface area (Å²) in [6.45, 7) is 1.16. The summed E-state index contributed by atoms with van der Waals surface area (Å²) in [5.74, 6) is 0. The molecule has 0 amide bonds. The van der Waals surface area contributed by atoms with E-state index in [9.17, 15) is 13.2 Å². The number of halogens is 3. The van der Waals surface area contributed by atoms with Crippen molar-refractivity contribution in [3.05, 3.63) is 0 Å². The average Bonchev–Trinajstić information content (AvgIpc) is 2.07. The normalized spacial score (nSPS) is 31.5. The van der Waals surface area contributed by atoms with Gasteiger partial charge in [0.1, 0.15) is 6.04 Å². The Kier molecular flexibility index (Phi) is 3.78. The average molecular weight is 210 g/mol. The van der Waals surface area contributed by atoms with Crippen LogP contribution in [0, 0.1) is 0 Å². The largest absolute Gasteiger partial charge is 0.403 e. The highest BCUT2D eigenvalue weighted by molar-refractivity contribution is 4.82. The fourth-order valence-electron chi connectivity index (χ4n) is 1.73. The molecule has 0 aromatic carbocycles. The molecule has 1 rings (SSSR count). The van der Waals surface area contributed by atoms with Crippen LogP contribution in [0.25, 0.3) is 0 Å². The van der Waals surface area contributed by atoms with Crippen LogP contribution >= 0.6 is 0 Å². The van der Waals surface area contributed by atoms with Crippen LogP contribution in [0.15, 0.2) is 0 Å². The van der Waals surface area contributed by atoms with E-state index in [-0.39, 0.29) is 12.1 Å². The zero-order valence-electron chi connectivity index (χ0n) is 8.27. The maximum atomic E-state index is 12.2. The molecule has 0 bridgehead atoms. The van der Waals surface area contributed by atoms with Gasteiger partial charge >= 0.3 is 6.18 Å². The van der Waals surface area contributed by atoms with Gasteiger partial charge in [0.2, 0.25) is 0 Å². The highest BCUT2D eigenvalue weighted by Gasteiger charge is 2.37. The molecule has 0 aliphatic heterocycles. The molecule has 1 aliphatic rings. The Morgan fingerprint density at radius 1 is 1.21 bits per heavy atom. The summed E-state index contributed by atoms with van der Waals surface area (Å²) in [6, 6.07) is -1.26. The molecule has 0 aromatic heterocycles. The molecule has 14 heavy (non-hydrogen) atoms. The fourth-order valence-corrected chi connectivity index (χ4v) is 1.73. The van der Waals surface area contributed by atoms with Crippen LogP contribution in [0.5, 0.6) is 0 Å². The third-order valence-electron chi connectivity index (χ3n) is 2.75. The lowest BCUT2D eigenvalue weighted by molar-refractivity contribution is -0.153. The maximum Gasteiger partial charge on any atom is 0.403 e. The molecule has 0 heterocycles. The molecule has 3 N–H and O–H groups in total. The Hall–Kier alpha value is -0.290. The van der Waals surface area contributed by atoms with E-state index in [1.165, 1.54) is 0 Å². The Bertz CT molecular complexity index is 173.